The van der Waals surface area contributed by atoms with Crippen molar-refractivity contribution in [1.82, 2.24) is 10.2 Å². The first-order chi connectivity index (χ1) is 11.6. The van der Waals surface area contributed by atoms with Crippen molar-refractivity contribution >= 4 is 35.0 Å². The predicted molar refractivity (Wildman–Crippen MR) is 96.8 cm³/mol. The van der Waals surface area contributed by atoms with Crippen LogP contribution in [0.3, 0.4) is 0 Å². The summed E-state index contributed by atoms with van der Waals surface area (Å²) < 4.78 is 5.47. The molecule has 124 valence electrons. The number of thioether (sulfide) groups is 1. The van der Waals surface area contributed by atoms with Crippen molar-refractivity contribution < 1.29 is 9.21 Å². The molecule has 0 aliphatic rings. The third-order valence-electron chi connectivity index (χ3n) is 3.08. The van der Waals surface area contributed by atoms with Gasteiger partial charge in [0.1, 0.15) is 0 Å². The molecule has 2 heterocycles. The Hall–Kier alpha value is -2.12. The van der Waals surface area contributed by atoms with Crippen LogP contribution in [0.15, 0.2) is 51.1 Å². The molecule has 0 fully saturated rings. The summed E-state index contributed by atoms with van der Waals surface area (Å²) in [6.07, 6.45) is 0.571. The van der Waals surface area contributed by atoms with E-state index in [0.29, 0.717) is 23.1 Å². The Bertz CT molecular complexity index is 796. The molecule has 1 N–H and O–H groups in total. The number of amides is 1. The molecule has 0 atom stereocenters. The summed E-state index contributed by atoms with van der Waals surface area (Å²) in [6.45, 7) is 4.27. The Labute approximate surface area is 148 Å². The molecular formula is C17H17N3O2S2. The first-order valence-electron chi connectivity index (χ1n) is 7.53. The second-order valence-electron chi connectivity index (χ2n) is 5.40. The smallest absolute Gasteiger partial charge is 0.322 e. The molecule has 0 saturated carbocycles. The molecule has 0 spiro atoms. The molecule has 0 aliphatic carbocycles. The molecule has 0 unspecified atom stereocenters. The van der Waals surface area contributed by atoms with Crippen LogP contribution in [-0.2, 0) is 6.42 Å². The van der Waals surface area contributed by atoms with E-state index in [0.717, 1.165) is 9.77 Å². The molecule has 7 heteroatoms. The lowest BCUT2D eigenvalue weighted by molar-refractivity contribution is 0.102. The SMILES string of the molecule is CC(C)Sc1ccc(C(=O)Nc2nnc(Cc3cccs3)o2)cc1. The van der Waals surface area contributed by atoms with Crippen LogP contribution in [0.5, 0.6) is 0 Å². The third kappa shape index (κ3) is 4.46. The number of carbonyl (C=O) groups is 1. The Morgan fingerprint density at radius 1 is 1.25 bits per heavy atom. The summed E-state index contributed by atoms with van der Waals surface area (Å²) >= 11 is 3.38. The van der Waals surface area contributed by atoms with E-state index in [1.807, 2.05) is 29.6 Å². The quantitative estimate of drug-likeness (QED) is 0.658. The van der Waals surface area contributed by atoms with Gasteiger partial charge in [-0.25, -0.2) is 0 Å². The van der Waals surface area contributed by atoms with Crippen molar-refractivity contribution in [1.29, 1.82) is 0 Å². The largest absolute Gasteiger partial charge is 0.407 e. The van der Waals surface area contributed by atoms with Gasteiger partial charge < -0.3 is 4.42 Å². The van der Waals surface area contributed by atoms with Gasteiger partial charge in [-0.1, -0.05) is 25.0 Å². The molecular weight excluding hydrogens is 342 g/mol. The lowest BCUT2D eigenvalue weighted by Crippen LogP contribution is -2.12. The molecule has 1 aromatic carbocycles. The zero-order valence-electron chi connectivity index (χ0n) is 13.4. The molecule has 0 radical (unpaired) electrons. The maximum absolute atomic E-state index is 12.2. The van der Waals surface area contributed by atoms with Crippen LogP contribution in [0.1, 0.15) is 35.0 Å². The molecule has 3 aromatic rings. The summed E-state index contributed by atoms with van der Waals surface area (Å²) in [4.78, 5) is 14.5. The van der Waals surface area contributed by atoms with Gasteiger partial charge in [0, 0.05) is 20.6 Å². The van der Waals surface area contributed by atoms with Crippen molar-refractivity contribution in [2.75, 3.05) is 5.32 Å². The fraction of sp³-hybridized carbons (Fsp3) is 0.235. The number of benzene rings is 1. The van der Waals surface area contributed by atoms with Gasteiger partial charge in [0.15, 0.2) is 0 Å². The molecule has 0 bridgehead atoms. The number of nitrogens with one attached hydrogen (secondary N) is 1. The predicted octanol–water partition coefficient (Wildman–Crippen LogP) is 4.47. The molecule has 1 amide bonds. The number of anilines is 1. The van der Waals surface area contributed by atoms with Crippen LogP contribution in [-0.4, -0.2) is 21.4 Å². The Balaban J connectivity index is 1.61. The van der Waals surface area contributed by atoms with Crippen LogP contribution >= 0.6 is 23.1 Å². The molecule has 5 nitrogen and oxygen atoms in total. The number of hydrogen-bond donors (Lipinski definition) is 1. The van der Waals surface area contributed by atoms with E-state index in [1.54, 1.807) is 35.2 Å². The molecule has 0 saturated heterocycles. The molecule has 2 aromatic heterocycles. The fourth-order valence-corrected chi connectivity index (χ4v) is 3.60. The second-order valence-corrected chi connectivity index (χ2v) is 8.08. The van der Waals surface area contributed by atoms with Gasteiger partial charge in [-0.3, -0.25) is 10.1 Å². The van der Waals surface area contributed by atoms with Crippen molar-refractivity contribution in [3.63, 3.8) is 0 Å². The lowest BCUT2D eigenvalue weighted by atomic mass is 10.2. The van der Waals surface area contributed by atoms with Gasteiger partial charge in [0.05, 0.1) is 6.42 Å². The standard InChI is InChI=1S/C17H17N3O2S2/c1-11(2)24-13-7-5-12(6-8-13)16(21)18-17-20-19-15(22-17)10-14-4-3-9-23-14/h3-9,11H,10H2,1-2H3,(H,18,20,21). The zero-order valence-corrected chi connectivity index (χ0v) is 15.0. The monoisotopic (exact) mass is 359 g/mol. The highest BCUT2D eigenvalue weighted by atomic mass is 32.2. The number of carbonyl (C=O) groups excluding carboxylic acids is 1. The molecule has 0 aliphatic heterocycles. The molecule has 3 rings (SSSR count). The van der Waals surface area contributed by atoms with Crippen LogP contribution in [0.2, 0.25) is 0 Å². The zero-order chi connectivity index (χ0) is 16.9. The summed E-state index contributed by atoms with van der Waals surface area (Å²) in [6, 6.07) is 11.6. The molecule has 24 heavy (non-hydrogen) atoms. The first kappa shape index (κ1) is 16.7. The maximum atomic E-state index is 12.2. The van der Waals surface area contributed by atoms with E-state index < -0.39 is 0 Å². The van der Waals surface area contributed by atoms with Gasteiger partial charge in [-0.2, -0.15) is 0 Å². The number of nitrogens with zero attached hydrogens (tertiary/aromatic N) is 2. The first-order valence-corrected chi connectivity index (χ1v) is 9.29. The minimum absolute atomic E-state index is 0.118. The maximum Gasteiger partial charge on any atom is 0.322 e. The average molecular weight is 359 g/mol. The topological polar surface area (TPSA) is 68.0 Å². The second kappa shape index (κ2) is 7.63. The van der Waals surface area contributed by atoms with E-state index in [1.165, 1.54) is 0 Å². The minimum Gasteiger partial charge on any atom is -0.407 e. The van der Waals surface area contributed by atoms with Gasteiger partial charge in [0.2, 0.25) is 5.89 Å². The van der Waals surface area contributed by atoms with Crippen molar-refractivity contribution in [2.24, 2.45) is 0 Å². The van der Waals surface area contributed by atoms with Crippen LogP contribution in [0.25, 0.3) is 0 Å². The van der Waals surface area contributed by atoms with Gasteiger partial charge in [-0.05, 0) is 35.7 Å². The number of hydrogen-bond acceptors (Lipinski definition) is 6. The van der Waals surface area contributed by atoms with E-state index in [-0.39, 0.29) is 11.9 Å². The number of thiophene rings is 1. The van der Waals surface area contributed by atoms with Gasteiger partial charge >= 0.3 is 6.01 Å². The summed E-state index contributed by atoms with van der Waals surface area (Å²) in [7, 11) is 0. The highest BCUT2D eigenvalue weighted by molar-refractivity contribution is 7.99. The Morgan fingerprint density at radius 2 is 2.04 bits per heavy atom. The summed E-state index contributed by atoms with van der Waals surface area (Å²) in [5.74, 6) is 0.221. The fourth-order valence-electron chi connectivity index (χ4n) is 2.06. The Kier molecular flexibility index (Phi) is 5.32. The average Bonchev–Trinajstić information content (AvgIpc) is 3.20. The van der Waals surface area contributed by atoms with E-state index >= 15 is 0 Å². The highest BCUT2D eigenvalue weighted by Crippen LogP contribution is 2.23. The number of aromatic nitrogens is 2. The van der Waals surface area contributed by atoms with E-state index in [2.05, 4.69) is 29.4 Å². The highest BCUT2D eigenvalue weighted by Gasteiger charge is 2.12. The Morgan fingerprint density at radius 3 is 2.71 bits per heavy atom. The van der Waals surface area contributed by atoms with Crippen LogP contribution in [0, 0.1) is 0 Å². The normalized spacial score (nSPS) is 11.0. The summed E-state index contributed by atoms with van der Waals surface area (Å²) in [5.41, 5.74) is 0.557. The van der Waals surface area contributed by atoms with Gasteiger partial charge in [0.25, 0.3) is 5.91 Å². The van der Waals surface area contributed by atoms with Crippen molar-refractivity contribution in [3.05, 3.63) is 58.1 Å². The van der Waals surface area contributed by atoms with Gasteiger partial charge in [-0.15, -0.1) is 28.2 Å². The van der Waals surface area contributed by atoms with Crippen LogP contribution < -0.4 is 5.32 Å². The van der Waals surface area contributed by atoms with Crippen molar-refractivity contribution in [3.8, 4) is 0 Å². The lowest BCUT2D eigenvalue weighted by Gasteiger charge is -2.05. The van der Waals surface area contributed by atoms with Crippen LogP contribution in [0.4, 0.5) is 6.01 Å². The summed E-state index contributed by atoms with van der Waals surface area (Å²) in [5, 5.41) is 13.0. The van der Waals surface area contributed by atoms with Crippen molar-refractivity contribution in [2.45, 2.75) is 30.4 Å². The van der Waals surface area contributed by atoms with E-state index in [4.69, 9.17) is 4.42 Å². The van der Waals surface area contributed by atoms with E-state index in [9.17, 15) is 4.79 Å². The third-order valence-corrected chi connectivity index (χ3v) is 4.97. The number of rotatable bonds is 6. The minimum atomic E-state index is -0.262.